The van der Waals surface area contributed by atoms with Gasteiger partial charge in [0.05, 0.1) is 24.1 Å². The lowest BCUT2D eigenvalue weighted by atomic mass is 9.87. The fraction of sp³-hybridized carbons (Fsp3) is 0.706. The molecule has 1 spiro atoms. The van der Waals surface area contributed by atoms with E-state index >= 15 is 0 Å². The normalized spacial score (nSPS) is 23.7. The summed E-state index contributed by atoms with van der Waals surface area (Å²) >= 11 is 0. The Morgan fingerprint density at radius 1 is 1.39 bits per heavy atom. The number of nitrogens with zero attached hydrogens (tertiary/aromatic N) is 4. The zero-order valence-corrected chi connectivity index (χ0v) is 14.3. The molecule has 1 aromatic heterocycles. The van der Waals surface area contributed by atoms with Gasteiger partial charge in [-0.25, -0.2) is 4.98 Å². The second kappa shape index (κ2) is 6.53. The highest BCUT2D eigenvalue weighted by Crippen LogP contribution is 2.37. The van der Waals surface area contributed by atoms with Gasteiger partial charge >= 0.3 is 0 Å². The second-order valence-corrected chi connectivity index (χ2v) is 6.76. The van der Waals surface area contributed by atoms with Crippen LogP contribution in [0.25, 0.3) is 0 Å². The molecular formula is C17H26N4O2. The van der Waals surface area contributed by atoms with Crippen LogP contribution in [-0.2, 0) is 4.74 Å². The fourth-order valence-corrected chi connectivity index (χ4v) is 3.49. The number of piperidine rings is 1. The van der Waals surface area contributed by atoms with Crippen molar-refractivity contribution >= 4 is 5.91 Å². The number of ether oxygens (including phenoxy) is 1. The molecule has 2 fully saturated rings. The van der Waals surface area contributed by atoms with E-state index in [0.29, 0.717) is 11.7 Å². The number of hydrogen-bond donors (Lipinski definition) is 0. The zero-order chi connectivity index (χ0) is 16.4. The minimum atomic E-state index is -0.0379. The molecule has 23 heavy (non-hydrogen) atoms. The molecule has 0 unspecified atom stereocenters. The van der Waals surface area contributed by atoms with E-state index in [9.17, 15) is 4.79 Å². The molecule has 0 aliphatic carbocycles. The zero-order valence-electron chi connectivity index (χ0n) is 14.3. The smallest absolute Gasteiger partial charge is 0.274 e. The van der Waals surface area contributed by atoms with E-state index in [1.165, 1.54) is 0 Å². The summed E-state index contributed by atoms with van der Waals surface area (Å²) in [6.45, 7) is 7.36. The van der Waals surface area contributed by atoms with Crippen LogP contribution in [-0.4, -0.2) is 70.6 Å². The van der Waals surface area contributed by atoms with Crippen LogP contribution in [0, 0.1) is 6.92 Å². The number of likely N-dealkylation sites (N-methyl/N-ethyl adjacent to an activating group) is 1. The number of aryl methyl sites for hydroxylation is 1. The van der Waals surface area contributed by atoms with E-state index < -0.39 is 0 Å². The molecule has 0 N–H and O–H groups in total. The summed E-state index contributed by atoms with van der Waals surface area (Å²) in [5.41, 5.74) is 1.22. The van der Waals surface area contributed by atoms with Gasteiger partial charge in [-0.1, -0.05) is 6.92 Å². The first kappa shape index (κ1) is 16.3. The summed E-state index contributed by atoms with van der Waals surface area (Å²) in [5.74, 6) is -0.0208. The van der Waals surface area contributed by atoms with Crippen LogP contribution in [0.15, 0.2) is 12.4 Å². The maximum atomic E-state index is 12.5. The monoisotopic (exact) mass is 318 g/mol. The van der Waals surface area contributed by atoms with Gasteiger partial charge in [-0.2, -0.15) is 0 Å². The van der Waals surface area contributed by atoms with Crippen LogP contribution in [0.4, 0.5) is 0 Å². The average Bonchev–Trinajstić information content (AvgIpc) is 2.99. The Morgan fingerprint density at radius 3 is 2.74 bits per heavy atom. The van der Waals surface area contributed by atoms with Crippen molar-refractivity contribution in [3.63, 3.8) is 0 Å². The van der Waals surface area contributed by atoms with Gasteiger partial charge in [0.1, 0.15) is 5.69 Å². The molecule has 3 rings (SSSR count). The Kier molecular flexibility index (Phi) is 4.64. The summed E-state index contributed by atoms with van der Waals surface area (Å²) in [6.07, 6.45) is 6.10. The molecule has 0 bridgehead atoms. The minimum Gasteiger partial charge on any atom is -0.373 e. The number of hydrogen-bond acceptors (Lipinski definition) is 5. The van der Waals surface area contributed by atoms with E-state index in [-0.39, 0.29) is 11.5 Å². The molecule has 2 aliphatic rings. The number of carbonyl (C=O) groups is 1. The first-order valence-electron chi connectivity index (χ1n) is 8.45. The average molecular weight is 318 g/mol. The molecule has 0 aromatic carbocycles. The molecule has 2 aliphatic heterocycles. The SMILES string of the molecule is CCN(C)[C@@H]1COC2(CCN(C(=O)c3cnc(C)cn3)CC2)C1. The Labute approximate surface area is 137 Å². The maximum absolute atomic E-state index is 12.5. The van der Waals surface area contributed by atoms with Crippen molar-refractivity contribution in [1.82, 2.24) is 19.8 Å². The van der Waals surface area contributed by atoms with Crippen LogP contribution >= 0.6 is 0 Å². The van der Waals surface area contributed by atoms with Crippen molar-refractivity contribution in [2.75, 3.05) is 33.3 Å². The first-order valence-corrected chi connectivity index (χ1v) is 8.45. The van der Waals surface area contributed by atoms with E-state index in [2.05, 4.69) is 28.8 Å². The van der Waals surface area contributed by atoms with E-state index in [0.717, 1.165) is 51.2 Å². The topological polar surface area (TPSA) is 58.6 Å². The van der Waals surface area contributed by atoms with Crippen molar-refractivity contribution in [2.45, 2.75) is 44.8 Å². The highest BCUT2D eigenvalue weighted by atomic mass is 16.5. The molecule has 1 amide bonds. The van der Waals surface area contributed by atoms with Gasteiger partial charge in [-0.3, -0.25) is 9.78 Å². The standard InChI is InChI=1S/C17H26N4O2/c1-4-20(3)14-9-17(23-12-14)5-7-21(8-6-17)16(22)15-11-18-13(2)10-19-15/h10-11,14H,4-9,12H2,1-3H3/t14-/m0/s1. The van der Waals surface area contributed by atoms with Crippen molar-refractivity contribution in [3.8, 4) is 0 Å². The molecule has 126 valence electrons. The third kappa shape index (κ3) is 3.38. The summed E-state index contributed by atoms with van der Waals surface area (Å²) in [7, 11) is 2.15. The number of amides is 1. The Bertz CT molecular complexity index is 552. The Morgan fingerprint density at radius 2 is 2.13 bits per heavy atom. The van der Waals surface area contributed by atoms with Crippen LogP contribution in [0.1, 0.15) is 42.4 Å². The third-order valence-electron chi connectivity index (χ3n) is 5.27. The quantitative estimate of drug-likeness (QED) is 0.845. The van der Waals surface area contributed by atoms with Gasteiger partial charge < -0.3 is 14.5 Å². The lowest BCUT2D eigenvalue weighted by Crippen LogP contribution is -2.47. The molecule has 2 saturated heterocycles. The van der Waals surface area contributed by atoms with Crippen molar-refractivity contribution in [2.24, 2.45) is 0 Å². The summed E-state index contributed by atoms with van der Waals surface area (Å²) in [5, 5.41) is 0. The van der Waals surface area contributed by atoms with Gasteiger partial charge in [0.25, 0.3) is 5.91 Å². The molecule has 3 heterocycles. The number of rotatable bonds is 3. The number of likely N-dealkylation sites (tertiary alicyclic amines) is 1. The fourth-order valence-electron chi connectivity index (χ4n) is 3.49. The molecule has 6 nitrogen and oxygen atoms in total. The third-order valence-corrected chi connectivity index (χ3v) is 5.27. The van der Waals surface area contributed by atoms with Crippen LogP contribution < -0.4 is 0 Å². The molecule has 0 radical (unpaired) electrons. The van der Waals surface area contributed by atoms with Gasteiger partial charge in [0, 0.05) is 25.3 Å². The van der Waals surface area contributed by atoms with Gasteiger partial charge in [0.15, 0.2) is 0 Å². The Hall–Kier alpha value is -1.53. The van der Waals surface area contributed by atoms with Gasteiger partial charge in [-0.05, 0) is 39.8 Å². The van der Waals surface area contributed by atoms with E-state index in [1.54, 1.807) is 12.4 Å². The summed E-state index contributed by atoms with van der Waals surface area (Å²) in [4.78, 5) is 25.1. The van der Waals surface area contributed by atoms with Crippen LogP contribution in [0.2, 0.25) is 0 Å². The van der Waals surface area contributed by atoms with Crippen LogP contribution in [0.3, 0.4) is 0 Å². The predicted molar refractivity (Wildman–Crippen MR) is 87.3 cm³/mol. The van der Waals surface area contributed by atoms with E-state index in [4.69, 9.17) is 4.74 Å². The lowest BCUT2D eigenvalue weighted by molar-refractivity contribution is -0.0393. The number of aromatic nitrogens is 2. The van der Waals surface area contributed by atoms with Gasteiger partial charge in [-0.15, -0.1) is 0 Å². The first-order chi connectivity index (χ1) is 11.0. The largest absolute Gasteiger partial charge is 0.373 e. The van der Waals surface area contributed by atoms with E-state index in [1.807, 2.05) is 11.8 Å². The second-order valence-electron chi connectivity index (χ2n) is 6.76. The Balaban J connectivity index is 1.58. The van der Waals surface area contributed by atoms with Gasteiger partial charge in [0.2, 0.25) is 0 Å². The van der Waals surface area contributed by atoms with Crippen molar-refractivity contribution in [3.05, 3.63) is 23.8 Å². The molecule has 1 aromatic rings. The van der Waals surface area contributed by atoms with Crippen molar-refractivity contribution < 1.29 is 9.53 Å². The number of carbonyl (C=O) groups excluding carboxylic acids is 1. The highest BCUT2D eigenvalue weighted by molar-refractivity contribution is 5.92. The predicted octanol–water partition coefficient (Wildman–Crippen LogP) is 1.50. The summed E-state index contributed by atoms with van der Waals surface area (Å²) < 4.78 is 6.16. The molecule has 0 saturated carbocycles. The molecule has 6 heteroatoms. The van der Waals surface area contributed by atoms with Crippen molar-refractivity contribution in [1.29, 1.82) is 0 Å². The highest BCUT2D eigenvalue weighted by Gasteiger charge is 2.44. The lowest BCUT2D eigenvalue weighted by Gasteiger charge is -2.38. The maximum Gasteiger partial charge on any atom is 0.274 e. The summed E-state index contributed by atoms with van der Waals surface area (Å²) in [6, 6.07) is 0.505. The van der Waals surface area contributed by atoms with Crippen LogP contribution in [0.5, 0.6) is 0 Å². The molecular weight excluding hydrogens is 292 g/mol. The molecule has 1 atom stereocenters. The minimum absolute atomic E-state index is 0.0208.